The van der Waals surface area contributed by atoms with Gasteiger partial charge in [0.15, 0.2) is 16.6 Å². The number of pyridine rings is 3. The number of aromatic nitrogens is 9. The molecule has 0 aliphatic heterocycles. The topological polar surface area (TPSA) is 107 Å². The van der Waals surface area contributed by atoms with Gasteiger partial charge in [-0.2, -0.15) is 0 Å². The molecule has 6 rings (SSSR count). The van der Waals surface area contributed by atoms with Crippen molar-refractivity contribution >= 4 is 33.2 Å². The van der Waals surface area contributed by atoms with Crippen molar-refractivity contribution < 1.29 is 9.13 Å². The number of imidazole rings is 3. The first-order chi connectivity index (χ1) is 13.3. The van der Waals surface area contributed by atoms with Crippen LogP contribution in [0.5, 0.6) is 0 Å². The first-order valence-corrected chi connectivity index (χ1v) is 8.40. The van der Waals surface area contributed by atoms with Crippen molar-refractivity contribution in [3.63, 3.8) is 0 Å². The van der Waals surface area contributed by atoms with Gasteiger partial charge in [-0.05, 0) is 23.2 Å². The van der Waals surface area contributed by atoms with Crippen molar-refractivity contribution in [1.82, 2.24) is 34.9 Å². The molecule has 0 aromatic carbocycles. The highest BCUT2D eigenvalue weighted by molar-refractivity contribution is 5.74. The van der Waals surface area contributed by atoms with Crippen LogP contribution in [0.1, 0.15) is 0 Å². The highest BCUT2D eigenvalue weighted by Gasteiger charge is 2.19. The molecule has 9 heteroatoms. The Labute approximate surface area is 151 Å². The maximum Gasteiger partial charge on any atom is 0.403 e. The first-order valence-electron chi connectivity index (χ1n) is 8.40. The number of nitrogens with zero attached hydrogens (tertiary/aromatic N) is 6. The molecule has 6 aromatic heterocycles. The second-order valence-electron chi connectivity index (χ2n) is 6.20. The second-order valence-corrected chi connectivity index (χ2v) is 6.20. The van der Waals surface area contributed by atoms with Gasteiger partial charge in [0, 0.05) is 12.3 Å². The molecule has 0 fully saturated rings. The molecule has 128 valence electrons. The van der Waals surface area contributed by atoms with Crippen molar-refractivity contribution in [2.45, 2.75) is 0 Å². The highest BCUT2D eigenvalue weighted by atomic mass is 15.2. The van der Waals surface area contributed by atoms with E-state index in [1.807, 2.05) is 58.2 Å². The van der Waals surface area contributed by atoms with E-state index in [1.54, 1.807) is 12.5 Å². The van der Waals surface area contributed by atoms with Gasteiger partial charge in [-0.1, -0.05) is 4.98 Å². The predicted molar refractivity (Wildman–Crippen MR) is 96.3 cm³/mol. The Morgan fingerprint density at radius 3 is 2.41 bits per heavy atom. The predicted octanol–water partition coefficient (Wildman–Crippen LogP) is 1.26. The molecule has 0 spiro atoms. The fraction of sp³-hybridized carbons (Fsp3) is 0. The van der Waals surface area contributed by atoms with E-state index in [4.69, 9.17) is 0 Å². The van der Waals surface area contributed by atoms with Crippen molar-refractivity contribution in [3.05, 3.63) is 61.6 Å². The molecule has 6 aromatic rings. The second kappa shape index (κ2) is 5.18. The summed E-state index contributed by atoms with van der Waals surface area (Å²) in [7, 11) is 0. The molecular formula is C18H13N9+2. The largest absolute Gasteiger partial charge is 0.403 e. The first kappa shape index (κ1) is 14.1. The molecule has 0 aliphatic carbocycles. The number of nitrogens with one attached hydrogen (secondary N) is 3. The van der Waals surface area contributed by atoms with Gasteiger partial charge in [0.2, 0.25) is 0 Å². The van der Waals surface area contributed by atoms with E-state index in [-0.39, 0.29) is 0 Å². The van der Waals surface area contributed by atoms with E-state index in [9.17, 15) is 0 Å². The van der Waals surface area contributed by atoms with Gasteiger partial charge >= 0.3 is 11.9 Å². The van der Waals surface area contributed by atoms with E-state index in [0.717, 1.165) is 33.5 Å². The lowest BCUT2D eigenvalue weighted by Crippen LogP contribution is -2.31. The van der Waals surface area contributed by atoms with Crippen LogP contribution in [0.25, 0.3) is 45.1 Å². The summed E-state index contributed by atoms with van der Waals surface area (Å²) in [6.45, 7) is 0. The molecule has 3 N–H and O–H groups in total. The molecule has 0 bridgehead atoms. The van der Waals surface area contributed by atoms with E-state index in [0.29, 0.717) is 11.6 Å². The van der Waals surface area contributed by atoms with E-state index in [1.165, 1.54) is 0 Å². The summed E-state index contributed by atoms with van der Waals surface area (Å²) in [5.74, 6) is 1.43. The molecule has 0 saturated heterocycles. The molecule has 0 aliphatic rings. The van der Waals surface area contributed by atoms with E-state index in [2.05, 4.69) is 34.9 Å². The lowest BCUT2D eigenvalue weighted by molar-refractivity contribution is -0.603. The minimum atomic E-state index is 0.689. The van der Waals surface area contributed by atoms with Crippen LogP contribution in [0.2, 0.25) is 0 Å². The van der Waals surface area contributed by atoms with E-state index >= 15 is 0 Å². The van der Waals surface area contributed by atoms with Crippen molar-refractivity contribution in [2.75, 3.05) is 0 Å². The average molecular weight is 355 g/mol. The fourth-order valence-electron chi connectivity index (χ4n) is 3.17. The van der Waals surface area contributed by atoms with Gasteiger partial charge in [-0.25, -0.2) is 29.1 Å². The van der Waals surface area contributed by atoms with Crippen LogP contribution in [0.15, 0.2) is 61.6 Å². The fourth-order valence-corrected chi connectivity index (χ4v) is 3.17. The Hall–Kier alpha value is -4.14. The van der Waals surface area contributed by atoms with Crippen LogP contribution in [0, 0.1) is 0 Å². The third-order valence-corrected chi connectivity index (χ3v) is 4.50. The van der Waals surface area contributed by atoms with Crippen LogP contribution >= 0.6 is 0 Å². The lowest BCUT2D eigenvalue weighted by atomic mass is 10.4. The number of fused-ring (bicyclic) bond motifs is 3. The standard InChI is InChI=1S/C18H11N9/c1-2-13-16(19-5-1)25-18(23-13)27-7-4-12-15(9-27)24-17(22-12)26-6-3-11-14(8-26)21-10-20-11/h1-10H,(H,19,23,25)/p+2. The molecule has 0 unspecified atom stereocenters. The number of hydrogen-bond acceptors (Lipinski definition) is 4. The third kappa shape index (κ3) is 2.18. The zero-order valence-corrected chi connectivity index (χ0v) is 14.0. The Balaban J connectivity index is 1.46. The Morgan fingerprint density at radius 2 is 1.52 bits per heavy atom. The van der Waals surface area contributed by atoms with Crippen molar-refractivity contribution in [2.24, 2.45) is 0 Å². The molecule has 0 saturated carbocycles. The maximum absolute atomic E-state index is 4.67. The molecule has 27 heavy (non-hydrogen) atoms. The molecular weight excluding hydrogens is 342 g/mol. The molecule has 0 radical (unpaired) electrons. The molecule has 9 nitrogen and oxygen atoms in total. The smallest absolute Gasteiger partial charge is 0.342 e. The van der Waals surface area contributed by atoms with Gasteiger partial charge in [0.05, 0.1) is 36.0 Å². The average Bonchev–Trinajstić information content (AvgIpc) is 3.42. The van der Waals surface area contributed by atoms with Crippen LogP contribution < -0.4 is 9.13 Å². The van der Waals surface area contributed by atoms with Crippen LogP contribution in [-0.4, -0.2) is 34.9 Å². The maximum atomic E-state index is 4.67. The monoisotopic (exact) mass is 355 g/mol. The van der Waals surface area contributed by atoms with Crippen molar-refractivity contribution in [3.8, 4) is 11.9 Å². The Morgan fingerprint density at radius 1 is 0.741 bits per heavy atom. The zero-order valence-electron chi connectivity index (χ0n) is 14.0. The van der Waals surface area contributed by atoms with Crippen LogP contribution in [0.4, 0.5) is 0 Å². The molecule has 6 heterocycles. The molecule has 0 amide bonds. The van der Waals surface area contributed by atoms with Crippen molar-refractivity contribution in [1.29, 1.82) is 0 Å². The van der Waals surface area contributed by atoms with E-state index < -0.39 is 0 Å². The highest BCUT2D eigenvalue weighted by Crippen LogP contribution is 2.12. The summed E-state index contributed by atoms with van der Waals surface area (Å²) in [5, 5.41) is 0. The molecule has 0 atom stereocenters. The lowest BCUT2D eigenvalue weighted by Gasteiger charge is -1.93. The summed E-state index contributed by atoms with van der Waals surface area (Å²) >= 11 is 0. The minimum absolute atomic E-state index is 0.689. The minimum Gasteiger partial charge on any atom is -0.342 e. The van der Waals surface area contributed by atoms with Crippen LogP contribution in [0.3, 0.4) is 0 Å². The number of aromatic amines is 3. The summed E-state index contributed by atoms with van der Waals surface area (Å²) in [6.07, 6.45) is 11.2. The van der Waals surface area contributed by atoms with Gasteiger partial charge in [0.25, 0.3) is 5.65 Å². The van der Waals surface area contributed by atoms with Gasteiger partial charge in [-0.15, -0.1) is 0 Å². The summed E-state index contributed by atoms with van der Waals surface area (Å²) < 4.78 is 3.84. The summed E-state index contributed by atoms with van der Waals surface area (Å²) in [6, 6.07) is 7.73. The van der Waals surface area contributed by atoms with Gasteiger partial charge < -0.3 is 4.98 Å². The number of H-pyrrole nitrogens is 3. The Bertz CT molecular complexity index is 1410. The number of rotatable bonds is 2. The quantitative estimate of drug-likeness (QED) is 0.407. The Kier molecular flexibility index (Phi) is 2.70. The zero-order chi connectivity index (χ0) is 17.8. The summed E-state index contributed by atoms with van der Waals surface area (Å²) in [4.78, 5) is 27.4. The van der Waals surface area contributed by atoms with Gasteiger partial charge in [0.1, 0.15) is 6.20 Å². The van der Waals surface area contributed by atoms with Crippen LogP contribution in [-0.2, 0) is 0 Å². The number of hydrogen-bond donors (Lipinski definition) is 3. The third-order valence-electron chi connectivity index (χ3n) is 4.50. The van der Waals surface area contributed by atoms with Gasteiger partial charge in [-0.3, -0.25) is 0 Å². The normalized spacial score (nSPS) is 11.7. The summed E-state index contributed by atoms with van der Waals surface area (Å²) in [5.41, 5.74) is 5.22. The SMILES string of the molecule is c1cnc2nc(-[n+]3ccc4nc(-[n+]5ccc6nc[nH]c6c5)[nH]c4c3)[nH]c2c1.